The molecule has 1 heterocycles. The van der Waals surface area contributed by atoms with Gasteiger partial charge in [0.25, 0.3) is 0 Å². The summed E-state index contributed by atoms with van der Waals surface area (Å²) in [5, 5.41) is 14.9. The van der Waals surface area contributed by atoms with Crippen LogP contribution in [0.1, 0.15) is 58.3 Å². The predicted octanol–water partition coefficient (Wildman–Crippen LogP) is 1.92. The van der Waals surface area contributed by atoms with Gasteiger partial charge in [-0.05, 0) is 38.1 Å². The highest BCUT2D eigenvalue weighted by atomic mass is 16.4. The lowest BCUT2D eigenvalue weighted by Crippen LogP contribution is -2.46. The predicted molar refractivity (Wildman–Crippen MR) is 78.5 cm³/mol. The second-order valence-electron chi connectivity index (χ2n) is 5.67. The third-order valence-corrected chi connectivity index (χ3v) is 3.94. The Morgan fingerprint density at radius 2 is 2.10 bits per heavy atom. The van der Waals surface area contributed by atoms with Gasteiger partial charge in [-0.1, -0.05) is 26.2 Å². The quantitative estimate of drug-likeness (QED) is 0.604. The molecule has 0 aromatic rings. The summed E-state index contributed by atoms with van der Waals surface area (Å²) < 4.78 is 0. The molecule has 0 aromatic heterocycles. The number of rotatable bonds is 9. The molecular weight excluding hydrogens is 256 g/mol. The highest BCUT2D eigenvalue weighted by molar-refractivity contribution is 5.81. The van der Waals surface area contributed by atoms with Crippen molar-refractivity contribution in [3.8, 4) is 0 Å². The van der Waals surface area contributed by atoms with Gasteiger partial charge in [0, 0.05) is 13.0 Å². The Balaban J connectivity index is 2.21. The molecule has 1 saturated heterocycles. The molecule has 2 atom stereocenters. The van der Waals surface area contributed by atoms with E-state index in [-0.39, 0.29) is 18.4 Å². The Labute approximate surface area is 121 Å². The molecule has 5 nitrogen and oxygen atoms in total. The van der Waals surface area contributed by atoms with E-state index in [1.165, 1.54) is 0 Å². The van der Waals surface area contributed by atoms with Gasteiger partial charge in [-0.25, -0.2) is 0 Å². The smallest absolute Gasteiger partial charge is 0.303 e. The summed E-state index contributed by atoms with van der Waals surface area (Å²) in [7, 11) is 0. The van der Waals surface area contributed by atoms with Gasteiger partial charge in [0.05, 0.1) is 6.04 Å². The second kappa shape index (κ2) is 9.75. The molecule has 1 rings (SSSR count). The standard InChI is InChI=1S/C15H28N2O3/c1-2-5-12(7-8-14(18)19)9-11-17-15(20)13-6-3-4-10-16-13/h12-13,16H,2-11H2,1H3,(H,17,20)(H,18,19)/t12?,13-/m1/s1. The third-order valence-electron chi connectivity index (χ3n) is 3.94. The van der Waals surface area contributed by atoms with E-state index in [4.69, 9.17) is 5.11 Å². The molecule has 0 aromatic carbocycles. The minimum atomic E-state index is -0.735. The molecule has 0 aliphatic carbocycles. The van der Waals surface area contributed by atoms with Crippen LogP contribution >= 0.6 is 0 Å². The van der Waals surface area contributed by atoms with Gasteiger partial charge in [0.2, 0.25) is 5.91 Å². The summed E-state index contributed by atoms with van der Waals surface area (Å²) in [4.78, 5) is 22.6. The number of nitrogens with one attached hydrogen (secondary N) is 2. The molecule has 0 spiro atoms. The molecule has 0 bridgehead atoms. The molecule has 3 N–H and O–H groups in total. The Morgan fingerprint density at radius 1 is 1.30 bits per heavy atom. The van der Waals surface area contributed by atoms with E-state index >= 15 is 0 Å². The van der Waals surface area contributed by atoms with Crippen LogP contribution in [0.2, 0.25) is 0 Å². The Morgan fingerprint density at radius 3 is 2.70 bits per heavy atom. The average Bonchev–Trinajstić information content (AvgIpc) is 2.45. The number of carboxylic acid groups (broad SMARTS) is 1. The van der Waals surface area contributed by atoms with Gasteiger partial charge in [0.15, 0.2) is 0 Å². The minimum absolute atomic E-state index is 0.0348. The monoisotopic (exact) mass is 284 g/mol. The molecule has 5 heteroatoms. The Bertz CT molecular complexity index is 301. The first-order chi connectivity index (χ1) is 9.63. The van der Waals surface area contributed by atoms with Crippen molar-refractivity contribution in [3.63, 3.8) is 0 Å². The largest absolute Gasteiger partial charge is 0.481 e. The molecule has 1 unspecified atom stereocenters. The highest BCUT2D eigenvalue weighted by Gasteiger charge is 2.20. The molecule has 1 aliphatic heterocycles. The molecular formula is C15H28N2O3. The van der Waals surface area contributed by atoms with E-state index in [9.17, 15) is 9.59 Å². The van der Waals surface area contributed by atoms with Crippen molar-refractivity contribution in [2.75, 3.05) is 13.1 Å². The fraction of sp³-hybridized carbons (Fsp3) is 0.867. The van der Waals surface area contributed by atoms with E-state index < -0.39 is 5.97 Å². The SMILES string of the molecule is CCCC(CCNC(=O)[C@H]1CCCCN1)CCC(=O)O. The van der Waals surface area contributed by atoms with Crippen molar-refractivity contribution >= 4 is 11.9 Å². The maximum Gasteiger partial charge on any atom is 0.303 e. The Kier molecular flexibility index (Phi) is 8.26. The van der Waals surface area contributed by atoms with Crippen LogP contribution in [-0.4, -0.2) is 36.1 Å². The van der Waals surface area contributed by atoms with E-state index in [0.717, 1.165) is 45.1 Å². The topological polar surface area (TPSA) is 78.4 Å². The second-order valence-corrected chi connectivity index (χ2v) is 5.67. The lowest BCUT2D eigenvalue weighted by molar-refractivity contribution is -0.137. The summed E-state index contributed by atoms with van der Waals surface area (Å²) in [5.74, 6) is -0.240. The summed E-state index contributed by atoms with van der Waals surface area (Å²) in [5.41, 5.74) is 0. The highest BCUT2D eigenvalue weighted by Crippen LogP contribution is 2.17. The molecule has 20 heavy (non-hydrogen) atoms. The first kappa shape index (κ1) is 17.0. The fourth-order valence-corrected chi connectivity index (χ4v) is 2.77. The van der Waals surface area contributed by atoms with Crippen molar-refractivity contribution < 1.29 is 14.7 Å². The number of hydrogen-bond acceptors (Lipinski definition) is 3. The number of carbonyl (C=O) groups excluding carboxylic acids is 1. The Hall–Kier alpha value is -1.10. The normalized spacial score (nSPS) is 20.4. The van der Waals surface area contributed by atoms with Gasteiger partial charge in [-0.3, -0.25) is 9.59 Å². The number of carboxylic acids is 1. The summed E-state index contributed by atoms with van der Waals surface area (Å²) in [6, 6.07) is -0.0348. The molecule has 0 radical (unpaired) electrons. The van der Waals surface area contributed by atoms with Gasteiger partial charge < -0.3 is 15.7 Å². The van der Waals surface area contributed by atoms with Crippen LogP contribution in [0.15, 0.2) is 0 Å². The van der Waals surface area contributed by atoms with Crippen molar-refractivity contribution in [2.24, 2.45) is 5.92 Å². The van der Waals surface area contributed by atoms with E-state index in [2.05, 4.69) is 17.6 Å². The van der Waals surface area contributed by atoms with Gasteiger partial charge in [-0.15, -0.1) is 0 Å². The van der Waals surface area contributed by atoms with E-state index in [0.29, 0.717) is 18.9 Å². The van der Waals surface area contributed by atoms with Gasteiger partial charge >= 0.3 is 5.97 Å². The molecule has 116 valence electrons. The van der Waals surface area contributed by atoms with Crippen LogP contribution in [0, 0.1) is 5.92 Å². The average molecular weight is 284 g/mol. The van der Waals surface area contributed by atoms with Gasteiger partial charge in [-0.2, -0.15) is 0 Å². The third kappa shape index (κ3) is 6.89. The van der Waals surface area contributed by atoms with Crippen LogP contribution in [0.25, 0.3) is 0 Å². The number of piperidine rings is 1. The maximum absolute atomic E-state index is 11.9. The van der Waals surface area contributed by atoms with Crippen molar-refractivity contribution in [1.29, 1.82) is 0 Å². The van der Waals surface area contributed by atoms with Crippen LogP contribution in [0.4, 0.5) is 0 Å². The number of aliphatic carboxylic acids is 1. The first-order valence-electron chi connectivity index (χ1n) is 7.86. The lowest BCUT2D eigenvalue weighted by atomic mass is 9.94. The van der Waals surface area contributed by atoms with Crippen LogP contribution in [0.5, 0.6) is 0 Å². The van der Waals surface area contributed by atoms with Crippen molar-refractivity contribution in [3.05, 3.63) is 0 Å². The van der Waals surface area contributed by atoms with Crippen LogP contribution in [-0.2, 0) is 9.59 Å². The molecule has 0 saturated carbocycles. The summed E-state index contributed by atoms with van der Waals surface area (Å²) >= 11 is 0. The number of amides is 1. The van der Waals surface area contributed by atoms with E-state index in [1.807, 2.05) is 0 Å². The number of hydrogen-bond donors (Lipinski definition) is 3. The minimum Gasteiger partial charge on any atom is -0.481 e. The number of carbonyl (C=O) groups is 2. The van der Waals surface area contributed by atoms with Crippen molar-refractivity contribution in [1.82, 2.24) is 10.6 Å². The molecule has 1 fully saturated rings. The maximum atomic E-state index is 11.9. The van der Waals surface area contributed by atoms with E-state index in [1.54, 1.807) is 0 Å². The molecule has 1 aliphatic rings. The molecule has 1 amide bonds. The fourth-order valence-electron chi connectivity index (χ4n) is 2.77. The van der Waals surface area contributed by atoms with Gasteiger partial charge in [0.1, 0.15) is 0 Å². The lowest BCUT2D eigenvalue weighted by Gasteiger charge is -2.23. The summed E-state index contributed by atoms with van der Waals surface area (Å²) in [6.07, 6.45) is 7.08. The zero-order chi connectivity index (χ0) is 14.8. The van der Waals surface area contributed by atoms with Crippen molar-refractivity contribution in [2.45, 2.75) is 64.3 Å². The zero-order valence-electron chi connectivity index (χ0n) is 12.5. The first-order valence-corrected chi connectivity index (χ1v) is 7.86. The zero-order valence-corrected chi connectivity index (χ0v) is 12.5. The summed E-state index contributed by atoms with van der Waals surface area (Å²) in [6.45, 7) is 3.69. The van der Waals surface area contributed by atoms with Crippen LogP contribution in [0.3, 0.4) is 0 Å². The van der Waals surface area contributed by atoms with Crippen LogP contribution < -0.4 is 10.6 Å².